The van der Waals surface area contributed by atoms with Crippen LogP contribution in [0.3, 0.4) is 0 Å². The number of aryl methyl sites for hydroxylation is 1. The van der Waals surface area contributed by atoms with Crippen molar-refractivity contribution in [1.29, 1.82) is 0 Å². The zero-order valence-electron chi connectivity index (χ0n) is 16.6. The summed E-state index contributed by atoms with van der Waals surface area (Å²) in [6, 6.07) is 4.16. The van der Waals surface area contributed by atoms with Crippen LogP contribution >= 0.6 is 35.3 Å². The second-order valence-corrected chi connectivity index (χ2v) is 7.71. The molecular weight excluding hydrogens is 491 g/mol. The second kappa shape index (κ2) is 11.1. The third-order valence-electron chi connectivity index (χ3n) is 4.99. The Morgan fingerprint density at radius 1 is 1.36 bits per heavy atom. The first-order chi connectivity index (χ1) is 13.1. The van der Waals surface area contributed by atoms with E-state index in [-0.39, 0.29) is 29.6 Å². The molecule has 3 heterocycles. The van der Waals surface area contributed by atoms with Crippen molar-refractivity contribution in [3.8, 4) is 0 Å². The molecular formula is C18H29IN6O2S. The third-order valence-corrected chi connectivity index (χ3v) is 5.86. The number of guanidine groups is 1. The largest absolute Gasteiger partial charge is 0.381 e. The third kappa shape index (κ3) is 6.13. The molecule has 0 bridgehead atoms. The van der Waals surface area contributed by atoms with Crippen LogP contribution in [0.15, 0.2) is 22.5 Å². The number of methoxy groups -OCH3 is 1. The van der Waals surface area contributed by atoms with Gasteiger partial charge in [0, 0.05) is 51.6 Å². The summed E-state index contributed by atoms with van der Waals surface area (Å²) >= 11 is 1.72. The van der Waals surface area contributed by atoms with E-state index < -0.39 is 0 Å². The normalized spacial score (nSPS) is 16.5. The highest BCUT2D eigenvalue weighted by atomic mass is 127. The Labute approximate surface area is 187 Å². The van der Waals surface area contributed by atoms with Gasteiger partial charge in [-0.2, -0.15) is 0 Å². The van der Waals surface area contributed by atoms with Crippen molar-refractivity contribution in [2.75, 3.05) is 26.9 Å². The minimum Gasteiger partial charge on any atom is -0.381 e. The molecule has 1 fully saturated rings. The zero-order chi connectivity index (χ0) is 19.1. The molecule has 3 rings (SSSR count). The lowest BCUT2D eigenvalue weighted by Crippen LogP contribution is -2.50. The van der Waals surface area contributed by atoms with Crippen LogP contribution in [0.1, 0.15) is 29.4 Å². The van der Waals surface area contributed by atoms with Crippen molar-refractivity contribution in [3.05, 3.63) is 34.0 Å². The van der Waals surface area contributed by atoms with E-state index in [1.807, 2.05) is 18.5 Å². The van der Waals surface area contributed by atoms with Crippen LogP contribution < -0.4 is 10.6 Å². The number of halogens is 1. The summed E-state index contributed by atoms with van der Waals surface area (Å²) < 4.78 is 13.2. The average Bonchev–Trinajstić information content (AvgIpc) is 3.33. The van der Waals surface area contributed by atoms with Crippen LogP contribution in [-0.2, 0) is 29.6 Å². The van der Waals surface area contributed by atoms with Crippen molar-refractivity contribution >= 4 is 41.3 Å². The van der Waals surface area contributed by atoms with E-state index >= 15 is 0 Å². The van der Waals surface area contributed by atoms with Gasteiger partial charge in [-0.05, 0) is 18.4 Å². The van der Waals surface area contributed by atoms with Crippen molar-refractivity contribution in [2.24, 2.45) is 12.0 Å². The van der Waals surface area contributed by atoms with Crippen LogP contribution in [0.25, 0.3) is 0 Å². The van der Waals surface area contributed by atoms with Crippen LogP contribution in [0.4, 0.5) is 0 Å². The molecule has 0 aromatic carbocycles. The highest BCUT2D eigenvalue weighted by Gasteiger charge is 2.32. The summed E-state index contributed by atoms with van der Waals surface area (Å²) in [5.74, 6) is 2.45. The van der Waals surface area contributed by atoms with Gasteiger partial charge in [0.1, 0.15) is 12.4 Å². The van der Waals surface area contributed by atoms with E-state index in [1.165, 1.54) is 4.88 Å². The smallest absolute Gasteiger partial charge is 0.192 e. The van der Waals surface area contributed by atoms with Gasteiger partial charge in [0.2, 0.25) is 0 Å². The molecule has 0 spiro atoms. The summed E-state index contributed by atoms with van der Waals surface area (Å²) in [7, 11) is 3.72. The number of nitrogens with zero attached hydrogens (tertiary/aromatic N) is 4. The van der Waals surface area contributed by atoms with Gasteiger partial charge in [-0.1, -0.05) is 6.07 Å². The molecule has 2 aromatic rings. The summed E-state index contributed by atoms with van der Waals surface area (Å²) in [6.07, 6.45) is 1.74. The maximum Gasteiger partial charge on any atom is 0.192 e. The monoisotopic (exact) mass is 520 g/mol. The first-order valence-electron chi connectivity index (χ1n) is 9.14. The molecule has 28 heavy (non-hydrogen) atoms. The van der Waals surface area contributed by atoms with Crippen molar-refractivity contribution in [1.82, 2.24) is 25.4 Å². The lowest BCUT2D eigenvalue weighted by molar-refractivity contribution is -0.0855. The van der Waals surface area contributed by atoms with E-state index in [0.29, 0.717) is 13.1 Å². The number of aliphatic imine (C=N–C) groups is 1. The molecule has 1 aliphatic heterocycles. The quantitative estimate of drug-likeness (QED) is 0.331. The molecule has 1 saturated heterocycles. The Balaban J connectivity index is 0.00000280. The van der Waals surface area contributed by atoms with Crippen LogP contribution in [-0.4, -0.2) is 53.2 Å². The van der Waals surface area contributed by atoms with Crippen LogP contribution in [0, 0.1) is 6.92 Å². The van der Waals surface area contributed by atoms with Crippen LogP contribution in [0.2, 0.25) is 0 Å². The van der Waals surface area contributed by atoms with E-state index in [9.17, 15) is 0 Å². The molecule has 8 nitrogen and oxygen atoms in total. The molecule has 0 aliphatic carbocycles. The summed E-state index contributed by atoms with van der Waals surface area (Å²) in [4.78, 5) is 5.96. The van der Waals surface area contributed by atoms with Gasteiger partial charge in [-0.15, -0.1) is 45.5 Å². The van der Waals surface area contributed by atoms with Crippen molar-refractivity contribution in [3.63, 3.8) is 0 Å². The molecule has 10 heteroatoms. The number of aromatic nitrogens is 3. The highest BCUT2D eigenvalue weighted by Crippen LogP contribution is 2.23. The summed E-state index contributed by atoms with van der Waals surface area (Å²) in [5, 5.41) is 17.2. The standard InChI is InChI=1S/C18H28N6O2S.HI/c1-14-22-23-16(24(14)2)12-20-17(19-11-15-5-4-10-27-15)21-13-18(25-3)6-8-26-9-7-18;/h4-5,10H,6-9,11-13H2,1-3H3,(H2,19,20,21);1H. The molecule has 1 aliphatic rings. The maximum absolute atomic E-state index is 5.82. The van der Waals surface area contributed by atoms with E-state index in [0.717, 1.165) is 50.2 Å². The fourth-order valence-electron chi connectivity index (χ4n) is 2.94. The zero-order valence-corrected chi connectivity index (χ0v) is 19.8. The molecule has 2 aromatic heterocycles. The second-order valence-electron chi connectivity index (χ2n) is 6.67. The highest BCUT2D eigenvalue weighted by molar-refractivity contribution is 14.0. The number of nitrogens with one attached hydrogen (secondary N) is 2. The SMILES string of the molecule is COC1(CNC(=NCc2nnc(C)n2C)NCc2cccs2)CCOCC1.I. The fraction of sp³-hybridized carbons (Fsp3) is 0.611. The molecule has 0 unspecified atom stereocenters. The topological polar surface area (TPSA) is 85.6 Å². The number of hydrogen-bond acceptors (Lipinski definition) is 6. The Morgan fingerprint density at radius 3 is 2.75 bits per heavy atom. The van der Waals surface area contributed by atoms with Gasteiger partial charge in [0.15, 0.2) is 11.8 Å². The number of ether oxygens (including phenoxy) is 2. The predicted octanol–water partition coefficient (Wildman–Crippen LogP) is 2.23. The Bertz CT molecular complexity index is 743. The predicted molar refractivity (Wildman–Crippen MR) is 121 cm³/mol. The van der Waals surface area contributed by atoms with Gasteiger partial charge in [0.25, 0.3) is 0 Å². The van der Waals surface area contributed by atoms with Crippen LogP contribution in [0.5, 0.6) is 0 Å². The lowest BCUT2D eigenvalue weighted by Gasteiger charge is -2.36. The molecule has 0 atom stereocenters. The summed E-state index contributed by atoms with van der Waals surface area (Å²) in [5.41, 5.74) is -0.217. The number of hydrogen-bond donors (Lipinski definition) is 2. The van der Waals surface area contributed by atoms with Gasteiger partial charge in [0.05, 0.1) is 12.1 Å². The maximum atomic E-state index is 5.82. The van der Waals surface area contributed by atoms with E-state index in [2.05, 4.69) is 38.3 Å². The Kier molecular flexibility index (Phi) is 9.12. The molecule has 0 radical (unpaired) electrons. The molecule has 0 amide bonds. The molecule has 156 valence electrons. The van der Waals surface area contributed by atoms with Gasteiger partial charge < -0.3 is 24.7 Å². The first kappa shape index (κ1) is 23.0. The van der Waals surface area contributed by atoms with Crippen molar-refractivity contribution < 1.29 is 9.47 Å². The van der Waals surface area contributed by atoms with E-state index in [1.54, 1.807) is 18.4 Å². The minimum atomic E-state index is -0.217. The Hall–Kier alpha value is -1.24. The molecule has 2 N–H and O–H groups in total. The first-order valence-corrected chi connectivity index (χ1v) is 10.0. The lowest BCUT2D eigenvalue weighted by atomic mass is 9.94. The van der Waals surface area contributed by atoms with Gasteiger partial charge in [-0.3, -0.25) is 0 Å². The fourth-order valence-corrected chi connectivity index (χ4v) is 3.58. The van der Waals surface area contributed by atoms with Gasteiger partial charge in [-0.25, -0.2) is 4.99 Å². The molecule has 0 saturated carbocycles. The van der Waals surface area contributed by atoms with Crippen molar-refractivity contribution in [2.45, 2.75) is 38.5 Å². The minimum absolute atomic E-state index is 0. The number of thiophene rings is 1. The Morgan fingerprint density at radius 2 is 2.14 bits per heavy atom. The average molecular weight is 520 g/mol. The summed E-state index contributed by atoms with van der Waals surface area (Å²) in [6.45, 7) is 5.25. The number of rotatable bonds is 7. The van der Waals surface area contributed by atoms with Gasteiger partial charge >= 0.3 is 0 Å². The van der Waals surface area contributed by atoms with E-state index in [4.69, 9.17) is 14.5 Å².